The lowest BCUT2D eigenvalue weighted by molar-refractivity contribution is 0.0292. The Labute approximate surface area is 202 Å². The number of piperidine rings is 1. The van der Waals surface area contributed by atoms with Gasteiger partial charge in [0.25, 0.3) is 0 Å². The number of benzene rings is 1. The van der Waals surface area contributed by atoms with Crippen LogP contribution < -0.4 is 15.8 Å². The molecule has 6 nitrogen and oxygen atoms in total. The summed E-state index contributed by atoms with van der Waals surface area (Å²) in [6.07, 6.45) is 9.82. The summed E-state index contributed by atoms with van der Waals surface area (Å²) >= 11 is 12.4. The highest BCUT2D eigenvalue weighted by Crippen LogP contribution is 2.52. The summed E-state index contributed by atoms with van der Waals surface area (Å²) in [5.41, 5.74) is 8.64. The maximum atomic E-state index is 13.9. The Morgan fingerprint density at radius 2 is 2.09 bits per heavy atom. The number of aromatic nitrogens is 3. The van der Waals surface area contributed by atoms with Crippen LogP contribution in [0.25, 0.3) is 11.1 Å². The molecule has 0 amide bonds. The number of hydrogen-bond acceptors (Lipinski definition) is 5. The first-order valence-corrected chi connectivity index (χ1v) is 11.9. The highest BCUT2D eigenvalue weighted by atomic mass is 35.5. The molecule has 3 heterocycles. The summed E-state index contributed by atoms with van der Waals surface area (Å²) in [5, 5.41) is 8.39. The number of nitrogen functional groups attached to an aromatic ring is 1. The molecule has 5 rings (SSSR count). The number of pyridine rings is 1. The van der Waals surface area contributed by atoms with Crippen LogP contribution in [-0.2, 0) is 0 Å². The molecule has 0 unspecified atom stereocenters. The van der Waals surface area contributed by atoms with Gasteiger partial charge in [-0.2, -0.15) is 5.10 Å². The van der Waals surface area contributed by atoms with Gasteiger partial charge in [0.15, 0.2) is 11.6 Å². The van der Waals surface area contributed by atoms with Gasteiger partial charge in [0.1, 0.15) is 11.9 Å². The fraction of sp³-hybridized carbons (Fsp3) is 0.417. The first kappa shape index (κ1) is 22.4. The molecule has 1 saturated heterocycles. The molecule has 2 aliphatic rings. The molecule has 1 aliphatic heterocycles. The van der Waals surface area contributed by atoms with E-state index in [2.05, 4.69) is 26.3 Å². The van der Waals surface area contributed by atoms with Crippen molar-refractivity contribution in [3.63, 3.8) is 0 Å². The lowest BCUT2D eigenvalue weighted by atomic mass is 9.62. The van der Waals surface area contributed by atoms with Crippen molar-refractivity contribution in [2.24, 2.45) is 5.41 Å². The Morgan fingerprint density at radius 3 is 2.85 bits per heavy atom. The third-order valence-corrected chi connectivity index (χ3v) is 7.59. The molecule has 2 fully saturated rings. The Kier molecular flexibility index (Phi) is 5.97. The molecule has 174 valence electrons. The van der Waals surface area contributed by atoms with Crippen LogP contribution in [0.3, 0.4) is 0 Å². The van der Waals surface area contributed by atoms with E-state index in [-0.39, 0.29) is 10.8 Å². The minimum Gasteiger partial charge on any atom is -0.482 e. The van der Waals surface area contributed by atoms with Gasteiger partial charge in [-0.05, 0) is 62.8 Å². The summed E-state index contributed by atoms with van der Waals surface area (Å²) < 4.78 is 22.0. The van der Waals surface area contributed by atoms with Crippen LogP contribution in [0.2, 0.25) is 10.0 Å². The predicted octanol–water partition coefficient (Wildman–Crippen LogP) is 5.82. The van der Waals surface area contributed by atoms with Crippen LogP contribution in [0.4, 0.5) is 10.2 Å². The van der Waals surface area contributed by atoms with Crippen LogP contribution in [-0.4, -0.2) is 27.9 Å². The second-order valence-electron chi connectivity index (χ2n) is 9.18. The molecule has 0 radical (unpaired) electrons. The minimum atomic E-state index is -0.627. The second kappa shape index (κ2) is 8.78. The van der Waals surface area contributed by atoms with Crippen LogP contribution in [0.5, 0.6) is 5.75 Å². The van der Waals surface area contributed by atoms with Gasteiger partial charge in [0.2, 0.25) is 0 Å². The molecule has 33 heavy (non-hydrogen) atoms. The summed E-state index contributed by atoms with van der Waals surface area (Å²) in [6, 6.07) is 4.92. The van der Waals surface area contributed by atoms with Crippen LogP contribution >= 0.6 is 23.2 Å². The van der Waals surface area contributed by atoms with E-state index < -0.39 is 11.9 Å². The summed E-state index contributed by atoms with van der Waals surface area (Å²) in [5.74, 6) is 0.0490. The summed E-state index contributed by atoms with van der Waals surface area (Å²) in [6.45, 7) is 3.98. The van der Waals surface area contributed by atoms with Crippen LogP contribution in [0.15, 0.2) is 36.8 Å². The highest BCUT2D eigenvalue weighted by Gasteiger charge is 2.45. The number of rotatable bonds is 5. The largest absolute Gasteiger partial charge is 0.482 e. The number of halogens is 3. The molecule has 9 heteroatoms. The highest BCUT2D eigenvalue weighted by molar-refractivity contribution is 6.36. The zero-order valence-electron chi connectivity index (χ0n) is 18.3. The molecule has 1 aromatic carbocycles. The first-order chi connectivity index (χ1) is 15.8. The molecule has 1 atom stereocenters. The molecular weight excluding hydrogens is 464 g/mol. The molecule has 3 N–H and O–H groups in total. The van der Waals surface area contributed by atoms with E-state index in [4.69, 9.17) is 33.7 Å². The van der Waals surface area contributed by atoms with Gasteiger partial charge in [-0.15, -0.1) is 0 Å². The Morgan fingerprint density at radius 1 is 1.27 bits per heavy atom. The third kappa shape index (κ3) is 4.29. The molecular formula is C24H26Cl2FN5O. The summed E-state index contributed by atoms with van der Waals surface area (Å²) in [7, 11) is 0. The van der Waals surface area contributed by atoms with E-state index in [0.717, 1.165) is 37.1 Å². The first-order valence-electron chi connectivity index (χ1n) is 11.2. The fourth-order valence-corrected chi connectivity index (χ4v) is 5.74. The van der Waals surface area contributed by atoms with Gasteiger partial charge >= 0.3 is 0 Å². The van der Waals surface area contributed by atoms with E-state index in [1.165, 1.54) is 25.0 Å². The number of nitrogens with zero attached hydrogens (tertiary/aromatic N) is 3. The van der Waals surface area contributed by atoms with E-state index in [1.54, 1.807) is 13.1 Å². The number of hydrogen-bond donors (Lipinski definition) is 2. The summed E-state index contributed by atoms with van der Waals surface area (Å²) in [4.78, 5) is 4.29. The van der Waals surface area contributed by atoms with Crippen molar-refractivity contribution in [1.29, 1.82) is 0 Å². The van der Waals surface area contributed by atoms with Crippen molar-refractivity contribution in [3.8, 4) is 16.9 Å². The normalized spacial score (nSPS) is 23.3. The van der Waals surface area contributed by atoms with Crippen molar-refractivity contribution in [3.05, 3.63) is 58.2 Å². The van der Waals surface area contributed by atoms with Gasteiger partial charge in [0.05, 0.1) is 17.3 Å². The molecule has 1 aliphatic carbocycles. The maximum absolute atomic E-state index is 13.9. The second-order valence-corrected chi connectivity index (χ2v) is 9.96. The number of nitrogens with one attached hydrogen (secondary N) is 1. The van der Waals surface area contributed by atoms with Gasteiger partial charge in [-0.3, -0.25) is 4.68 Å². The van der Waals surface area contributed by atoms with Crippen LogP contribution in [0.1, 0.15) is 50.3 Å². The standard InChI is InChI=1S/C24H26Cl2FN5O/c1-14(21-18(25)3-4-19(27)22(21)26)33-20-7-15(10-30-23(20)28)16-11-31-32(12-16)17-8-24(9-17)5-2-6-29-13-24/h3-4,7,10-12,14,17,29H,2,5-6,8-9,13H2,1H3,(H2,28,30)/t14-,17-,24+/m0/s1. The molecule has 1 saturated carbocycles. The van der Waals surface area contributed by atoms with E-state index >= 15 is 0 Å². The average Bonchev–Trinajstić information content (AvgIpc) is 3.27. The molecule has 3 aromatic rings. The number of ether oxygens (including phenoxy) is 1. The van der Waals surface area contributed by atoms with Crippen molar-refractivity contribution in [2.75, 3.05) is 18.8 Å². The Balaban J connectivity index is 1.33. The van der Waals surface area contributed by atoms with Crippen molar-refractivity contribution < 1.29 is 9.13 Å². The van der Waals surface area contributed by atoms with E-state index in [9.17, 15) is 4.39 Å². The number of nitrogens with two attached hydrogens (primary N) is 1. The maximum Gasteiger partial charge on any atom is 0.166 e. The molecule has 2 aromatic heterocycles. The van der Waals surface area contributed by atoms with Gasteiger partial charge < -0.3 is 15.8 Å². The van der Waals surface area contributed by atoms with E-state index in [1.807, 2.05) is 12.3 Å². The quantitative estimate of drug-likeness (QED) is 0.441. The van der Waals surface area contributed by atoms with Gasteiger partial charge in [-0.1, -0.05) is 23.2 Å². The fourth-order valence-electron chi connectivity index (χ4n) is 5.06. The van der Waals surface area contributed by atoms with E-state index in [0.29, 0.717) is 27.8 Å². The van der Waals surface area contributed by atoms with Crippen molar-refractivity contribution in [1.82, 2.24) is 20.1 Å². The van der Waals surface area contributed by atoms with Crippen LogP contribution in [0, 0.1) is 11.2 Å². The van der Waals surface area contributed by atoms with Gasteiger partial charge in [-0.25, -0.2) is 9.37 Å². The monoisotopic (exact) mass is 489 g/mol. The SMILES string of the molecule is C[C@H](Oc1cc(-c2cnn([C@H]3C[C@]4(CCCNC4)C3)c2)cnc1N)c1c(Cl)ccc(F)c1Cl. The van der Waals surface area contributed by atoms with Crippen molar-refractivity contribution >= 4 is 29.0 Å². The third-order valence-electron chi connectivity index (χ3n) is 6.88. The topological polar surface area (TPSA) is 78.0 Å². The molecule has 0 bridgehead atoms. The zero-order chi connectivity index (χ0) is 23.2. The smallest absolute Gasteiger partial charge is 0.166 e. The average molecular weight is 490 g/mol. The Hall–Kier alpha value is -2.35. The molecule has 1 spiro atoms. The lowest BCUT2D eigenvalue weighted by Crippen LogP contribution is -2.49. The number of anilines is 1. The Bertz CT molecular complexity index is 1170. The predicted molar refractivity (Wildman–Crippen MR) is 128 cm³/mol. The van der Waals surface area contributed by atoms with Gasteiger partial charge in [0, 0.05) is 40.7 Å². The lowest BCUT2D eigenvalue weighted by Gasteiger charge is -2.50. The minimum absolute atomic E-state index is 0.0644. The van der Waals surface area contributed by atoms with Crippen molar-refractivity contribution in [2.45, 2.75) is 44.8 Å². The zero-order valence-corrected chi connectivity index (χ0v) is 19.8.